The number of fused-ring (bicyclic) bond motifs is 1. The van der Waals surface area contributed by atoms with Crippen LogP contribution in [0.2, 0.25) is 0 Å². The van der Waals surface area contributed by atoms with Crippen LogP contribution in [0.5, 0.6) is 0 Å². The molecular formula is C13H9N3O2. The molecule has 1 aromatic rings. The molecule has 1 aromatic carbocycles. The predicted octanol–water partition coefficient (Wildman–Crippen LogP) is 2.50. The van der Waals surface area contributed by atoms with Gasteiger partial charge in [0, 0.05) is 0 Å². The van der Waals surface area contributed by atoms with Crippen molar-refractivity contribution in [2.75, 3.05) is 0 Å². The van der Waals surface area contributed by atoms with E-state index in [4.69, 9.17) is 0 Å². The highest BCUT2D eigenvalue weighted by Gasteiger charge is 2.33. The van der Waals surface area contributed by atoms with E-state index in [1.807, 2.05) is 30.3 Å². The number of hydrogen-bond donors (Lipinski definition) is 1. The summed E-state index contributed by atoms with van der Waals surface area (Å²) in [6, 6.07) is 9.39. The first-order valence-electron chi connectivity index (χ1n) is 5.46. The third-order valence-electron chi connectivity index (χ3n) is 2.95. The maximum atomic E-state index is 11.3. The van der Waals surface area contributed by atoms with Crippen LogP contribution in [0.15, 0.2) is 69.2 Å². The van der Waals surface area contributed by atoms with Gasteiger partial charge in [-0.05, 0) is 22.9 Å². The summed E-state index contributed by atoms with van der Waals surface area (Å²) < 4.78 is 0. The van der Waals surface area contributed by atoms with E-state index in [1.54, 1.807) is 12.2 Å². The third kappa shape index (κ3) is 1.57. The highest BCUT2D eigenvalue weighted by molar-refractivity contribution is 6.13. The van der Waals surface area contributed by atoms with Gasteiger partial charge in [0.25, 0.3) is 0 Å². The molecule has 1 N–H and O–H groups in total. The molecule has 0 radical (unpaired) electrons. The average Bonchev–Trinajstić information content (AvgIpc) is 2.86. The zero-order valence-corrected chi connectivity index (χ0v) is 9.32. The van der Waals surface area contributed by atoms with Gasteiger partial charge in [0.1, 0.15) is 11.4 Å². The second-order valence-electron chi connectivity index (χ2n) is 4.00. The molecule has 0 amide bonds. The normalized spacial score (nSPS) is 20.9. The van der Waals surface area contributed by atoms with Crippen molar-refractivity contribution in [3.05, 3.63) is 59.3 Å². The van der Waals surface area contributed by atoms with Crippen LogP contribution in [0, 0.1) is 0 Å². The molecule has 0 fully saturated rings. The van der Waals surface area contributed by atoms with Gasteiger partial charge in [-0.15, -0.1) is 10.2 Å². The summed E-state index contributed by atoms with van der Waals surface area (Å²) in [4.78, 5) is 11.3. The standard InChI is InChI=1S/C13H9N3O2/c17-13(18)9-6-7-10-12(15-16-14-10)11(9)8-4-2-1-3-5-8/h1-7,11H,(H,17,18). The maximum absolute atomic E-state index is 11.3. The number of carbonyl (C=O) groups is 1. The SMILES string of the molecule is O=C(O)C1=CC=C2N=NN=C2C1c1ccccc1. The van der Waals surface area contributed by atoms with Crippen LogP contribution in [0.25, 0.3) is 0 Å². The largest absolute Gasteiger partial charge is 0.478 e. The van der Waals surface area contributed by atoms with Gasteiger partial charge in [-0.25, -0.2) is 4.79 Å². The molecule has 1 atom stereocenters. The van der Waals surface area contributed by atoms with Gasteiger partial charge >= 0.3 is 5.97 Å². The Hall–Kier alpha value is -2.56. The van der Waals surface area contributed by atoms with E-state index >= 15 is 0 Å². The van der Waals surface area contributed by atoms with Gasteiger partial charge in [-0.3, -0.25) is 0 Å². The molecule has 5 heteroatoms. The summed E-state index contributed by atoms with van der Waals surface area (Å²) >= 11 is 0. The first-order chi connectivity index (χ1) is 8.77. The van der Waals surface area contributed by atoms with Crippen molar-refractivity contribution < 1.29 is 9.90 Å². The van der Waals surface area contributed by atoms with Crippen LogP contribution >= 0.6 is 0 Å². The van der Waals surface area contributed by atoms with Crippen molar-refractivity contribution >= 4 is 11.7 Å². The summed E-state index contributed by atoms with van der Waals surface area (Å²) in [5.74, 6) is -1.35. The van der Waals surface area contributed by atoms with E-state index < -0.39 is 11.9 Å². The lowest BCUT2D eigenvalue weighted by molar-refractivity contribution is -0.132. The van der Waals surface area contributed by atoms with Gasteiger partial charge < -0.3 is 5.11 Å². The van der Waals surface area contributed by atoms with Crippen LogP contribution in [0.1, 0.15) is 11.5 Å². The number of nitrogens with zero attached hydrogens (tertiary/aromatic N) is 3. The fourth-order valence-corrected chi connectivity index (χ4v) is 2.14. The Labute approximate surface area is 103 Å². The van der Waals surface area contributed by atoms with Crippen molar-refractivity contribution in [2.45, 2.75) is 5.92 Å². The molecule has 1 aliphatic carbocycles. The molecule has 5 nitrogen and oxygen atoms in total. The van der Waals surface area contributed by atoms with E-state index in [0.29, 0.717) is 11.4 Å². The summed E-state index contributed by atoms with van der Waals surface area (Å²) in [6.07, 6.45) is 3.21. The van der Waals surface area contributed by atoms with Crippen LogP contribution < -0.4 is 0 Å². The number of allylic oxidation sites excluding steroid dienone is 3. The topological polar surface area (TPSA) is 74.4 Å². The van der Waals surface area contributed by atoms with E-state index in [1.165, 1.54) is 0 Å². The van der Waals surface area contributed by atoms with E-state index in [2.05, 4.69) is 15.4 Å². The Kier molecular flexibility index (Phi) is 2.37. The van der Waals surface area contributed by atoms with Crippen molar-refractivity contribution in [3.8, 4) is 0 Å². The number of rotatable bonds is 2. The lowest BCUT2D eigenvalue weighted by Crippen LogP contribution is -2.22. The van der Waals surface area contributed by atoms with Gasteiger partial charge in [-0.1, -0.05) is 30.3 Å². The number of carboxylic acids is 1. The van der Waals surface area contributed by atoms with Crippen LogP contribution in [0.4, 0.5) is 0 Å². The fourth-order valence-electron chi connectivity index (χ4n) is 2.14. The molecule has 1 aliphatic heterocycles. The number of hydrogen-bond acceptors (Lipinski definition) is 4. The van der Waals surface area contributed by atoms with Crippen molar-refractivity contribution in [2.24, 2.45) is 15.4 Å². The fraction of sp³-hybridized carbons (Fsp3) is 0.0769. The van der Waals surface area contributed by atoms with Crippen LogP contribution in [0.3, 0.4) is 0 Å². The van der Waals surface area contributed by atoms with E-state index in [-0.39, 0.29) is 5.57 Å². The van der Waals surface area contributed by atoms with Crippen molar-refractivity contribution in [1.29, 1.82) is 0 Å². The monoisotopic (exact) mass is 239 g/mol. The first kappa shape index (κ1) is 10.6. The lowest BCUT2D eigenvalue weighted by atomic mass is 9.82. The van der Waals surface area contributed by atoms with E-state index in [9.17, 15) is 9.90 Å². The number of benzene rings is 1. The zero-order chi connectivity index (χ0) is 12.5. The molecule has 0 saturated carbocycles. The Morgan fingerprint density at radius 1 is 1.17 bits per heavy atom. The molecule has 0 bridgehead atoms. The first-order valence-corrected chi connectivity index (χ1v) is 5.46. The minimum atomic E-state index is -0.950. The molecule has 1 heterocycles. The molecule has 88 valence electrons. The Balaban J connectivity index is 2.13. The van der Waals surface area contributed by atoms with Crippen LogP contribution in [-0.2, 0) is 4.79 Å². The molecule has 1 unspecified atom stereocenters. The smallest absolute Gasteiger partial charge is 0.332 e. The van der Waals surface area contributed by atoms with Crippen LogP contribution in [-0.4, -0.2) is 16.8 Å². The van der Waals surface area contributed by atoms with Crippen molar-refractivity contribution in [1.82, 2.24) is 0 Å². The average molecular weight is 239 g/mol. The molecule has 3 rings (SSSR count). The summed E-state index contributed by atoms with van der Waals surface area (Å²) in [6.45, 7) is 0. The summed E-state index contributed by atoms with van der Waals surface area (Å²) in [5, 5.41) is 20.7. The van der Waals surface area contributed by atoms with Gasteiger partial charge in [-0.2, -0.15) is 0 Å². The van der Waals surface area contributed by atoms with Gasteiger partial charge in [0.15, 0.2) is 0 Å². The van der Waals surface area contributed by atoms with Gasteiger partial charge in [0.05, 0.1) is 11.5 Å². The molecule has 0 aromatic heterocycles. The molecule has 0 spiro atoms. The minimum Gasteiger partial charge on any atom is -0.478 e. The molecule has 2 aliphatic rings. The highest BCUT2D eigenvalue weighted by atomic mass is 16.4. The Morgan fingerprint density at radius 2 is 1.94 bits per heavy atom. The second kappa shape index (κ2) is 4.03. The predicted molar refractivity (Wildman–Crippen MR) is 65.3 cm³/mol. The van der Waals surface area contributed by atoms with Crippen molar-refractivity contribution in [3.63, 3.8) is 0 Å². The quantitative estimate of drug-likeness (QED) is 0.860. The highest BCUT2D eigenvalue weighted by Crippen LogP contribution is 2.35. The summed E-state index contributed by atoms with van der Waals surface area (Å²) in [7, 11) is 0. The molecular weight excluding hydrogens is 230 g/mol. The zero-order valence-electron chi connectivity index (χ0n) is 9.32. The van der Waals surface area contributed by atoms with E-state index in [0.717, 1.165) is 5.56 Å². The number of aliphatic carboxylic acids is 1. The Morgan fingerprint density at radius 3 is 2.67 bits per heavy atom. The minimum absolute atomic E-state index is 0.288. The summed E-state index contributed by atoms with van der Waals surface area (Å²) in [5.41, 5.74) is 2.40. The Bertz CT molecular complexity index is 627. The molecule has 18 heavy (non-hydrogen) atoms. The lowest BCUT2D eigenvalue weighted by Gasteiger charge is -2.20. The number of carboxylic acid groups (broad SMARTS) is 1. The third-order valence-corrected chi connectivity index (χ3v) is 2.95. The van der Waals surface area contributed by atoms with Gasteiger partial charge in [0.2, 0.25) is 0 Å². The second-order valence-corrected chi connectivity index (χ2v) is 4.00. The molecule has 0 saturated heterocycles. The maximum Gasteiger partial charge on any atom is 0.332 e.